The Hall–Kier alpha value is -0.840. The summed E-state index contributed by atoms with van der Waals surface area (Å²) in [6.07, 6.45) is 3.98. The van der Waals surface area contributed by atoms with Gasteiger partial charge in [0.2, 0.25) is 0 Å². The van der Waals surface area contributed by atoms with Crippen LogP contribution in [0.3, 0.4) is 0 Å². The predicted molar refractivity (Wildman–Crippen MR) is 55.5 cm³/mol. The molecule has 4 nitrogen and oxygen atoms in total. The monoisotopic (exact) mass is 204 g/mol. The summed E-state index contributed by atoms with van der Waals surface area (Å²) in [4.78, 5) is 0. The first-order valence-corrected chi connectivity index (χ1v) is 4.46. The van der Waals surface area contributed by atoms with E-state index in [1.165, 1.54) is 12.5 Å². The smallest absolute Gasteiger partial charge is 0.0829 e. The lowest BCUT2D eigenvalue weighted by atomic mass is 10.1. The zero-order valence-electron chi connectivity index (χ0n) is 8.43. The Balaban J connectivity index is 0. The van der Waals surface area contributed by atoms with Crippen LogP contribution in [0.15, 0.2) is 25.7 Å². The quantitative estimate of drug-likeness (QED) is 0.532. The van der Waals surface area contributed by atoms with Gasteiger partial charge in [-0.25, -0.2) is 0 Å². The molecule has 0 aliphatic carbocycles. The summed E-state index contributed by atoms with van der Waals surface area (Å²) >= 11 is 0. The molecule has 0 heterocycles. The van der Waals surface area contributed by atoms with Crippen molar-refractivity contribution in [2.75, 3.05) is 19.8 Å². The molecule has 0 fully saturated rings. The summed E-state index contributed by atoms with van der Waals surface area (Å²) in [5.41, 5.74) is 0. The number of hydrogen-bond donors (Lipinski definition) is 3. The fourth-order valence-electron chi connectivity index (χ4n) is 0.688. The maximum absolute atomic E-state index is 8.51. The van der Waals surface area contributed by atoms with E-state index < -0.39 is 0 Å². The molecule has 0 aliphatic rings. The number of rotatable bonds is 7. The van der Waals surface area contributed by atoms with Gasteiger partial charge in [-0.15, -0.1) is 0 Å². The molecule has 84 valence electrons. The Bertz CT molecular complexity index is 115. The highest BCUT2D eigenvalue weighted by molar-refractivity contribution is 4.57. The van der Waals surface area contributed by atoms with Crippen LogP contribution in [-0.2, 0) is 4.74 Å². The summed E-state index contributed by atoms with van der Waals surface area (Å²) in [6, 6.07) is 0. The molecule has 4 heteroatoms. The maximum Gasteiger partial charge on any atom is 0.0829 e. The molecule has 0 aromatic rings. The van der Waals surface area contributed by atoms with Gasteiger partial charge in [0.1, 0.15) is 0 Å². The third kappa shape index (κ3) is 13.7. The molecule has 3 N–H and O–H groups in total. The van der Waals surface area contributed by atoms with Crippen molar-refractivity contribution in [1.29, 1.82) is 0 Å². The summed E-state index contributed by atoms with van der Waals surface area (Å²) in [7, 11) is 0. The van der Waals surface area contributed by atoms with Gasteiger partial charge in [0.15, 0.2) is 0 Å². The molecule has 0 aromatic carbocycles. The molecule has 0 spiro atoms. The number of hydrogen-bond acceptors (Lipinski definition) is 4. The third-order valence-electron chi connectivity index (χ3n) is 1.48. The second-order valence-electron chi connectivity index (χ2n) is 2.57. The van der Waals surface area contributed by atoms with E-state index >= 15 is 0 Å². The molecule has 0 aliphatic heterocycles. The van der Waals surface area contributed by atoms with E-state index in [1.807, 2.05) is 0 Å². The van der Waals surface area contributed by atoms with Crippen molar-refractivity contribution < 1.29 is 20.1 Å². The van der Waals surface area contributed by atoms with Crippen LogP contribution in [0.1, 0.15) is 12.8 Å². The van der Waals surface area contributed by atoms with E-state index in [-0.39, 0.29) is 25.7 Å². The lowest BCUT2D eigenvalue weighted by Gasteiger charge is -2.07. The molecular formula is C10H20O4. The minimum Gasteiger partial charge on any atom is -0.474 e. The van der Waals surface area contributed by atoms with Gasteiger partial charge in [0.05, 0.1) is 12.5 Å². The summed E-state index contributed by atoms with van der Waals surface area (Å²) in [6.45, 7) is 6.67. The highest BCUT2D eigenvalue weighted by Gasteiger charge is 2.03. The first-order chi connectivity index (χ1) is 6.76. The molecule has 0 radical (unpaired) electrons. The van der Waals surface area contributed by atoms with Crippen molar-refractivity contribution in [3.63, 3.8) is 0 Å². The molecule has 14 heavy (non-hydrogen) atoms. The second kappa shape index (κ2) is 14.7. The predicted octanol–water partition coefficient (Wildman–Crippen LogP) is 0.650. The van der Waals surface area contributed by atoms with Crippen LogP contribution < -0.4 is 0 Å². The number of aliphatic hydroxyl groups excluding tert-OH is 3. The highest BCUT2D eigenvalue weighted by atomic mass is 16.5. The van der Waals surface area contributed by atoms with Crippen molar-refractivity contribution in [2.24, 2.45) is 5.92 Å². The van der Waals surface area contributed by atoms with Crippen molar-refractivity contribution in [2.45, 2.75) is 12.8 Å². The summed E-state index contributed by atoms with van der Waals surface area (Å²) in [5.74, 6) is -0.0443. The normalized spacial score (nSPS) is 8.86. The van der Waals surface area contributed by atoms with E-state index in [4.69, 9.17) is 15.3 Å². The maximum atomic E-state index is 8.51. The van der Waals surface area contributed by atoms with Crippen LogP contribution >= 0.6 is 0 Å². The Labute approximate surface area is 85.1 Å². The Morgan fingerprint density at radius 1 is 1.07 bits per heavy atom. The van der Waals surface area contributed by atoms with E-state index in [2.05, 4.69) is 17.9 Å². The Morgan fingerprint density at radius 2 is 1.57 bits per heavy atom. The third-order valence-corrected chi connectivity index (χ3v) is 1.48. The molecule has 0 bridgehead atoms. The minimum absolute atomic E-state index is 0.0104. The molecule has 0 atom stereocenters. The van der Waals surface area contributed by atoms with Crippen molar-refractivity contribution in [3.05, 3.63) is 25.7 Å². The van der Waals surface area contributed by atoms with E-state index in [0.29, 0.717) is 12.8 Å². The van der Waals surface area contributed by atoms with E-state index in [1.54, 1.807) is 0 Å². The van der Waals surface area contributed by atoms with Gasteiger partial charge in [0.25, 0.3) is 0 Å². The molecule has 0 saturated carbocycles. The van der Waals surface area contributed by atoms with Gasteiger partial charge in [-0.1, -0.05) is 13.2 Å². The fourth-order valence-corrected chi connectivity index (χ4v) is 0.688. The summed E-state index contributed by atoms with van der Waals surface area (Å²) in [5, 5.41) is 25.4. The van der Waals surface area contributed by atoms with Gasteiger partial charge in [0, 0.05) is 25.7 Å². The topological polar surface area (TPSA) is 69.9 Å². The van der Waals surface area contributed by atoms with Gasteiger partial charge >= 0.3 is 0 Å². The molecular weight excluding hydrogens is 184 g/mol. The minimum atomic E-state index is -0.0443. The van der Waals surface area contributed by atoms with Gasteiger partial charge < -0.3 is 20.1 Å². The largest absolute Gasteiger partial charge is 0.474 e. The standard InChI is InChI=1S/C6H14O3.C4H6O/c7-3-1-2-6(4-8)5-9;1-3-5-4-2/h6-9H,1-5H2;3-4H,1-2H2. The zero-order valence-corrected chi connectivity index (χ0v) is 8.43. The SMILES string of the molecule is C=COC=C.OCCCC(CO)CO. The average molecular weight is 204 g/mol. The lowest BCUT2D eigenvalue weighted by molar-refractivity contribution is 0.136. The van der Waals surface area contributed by atoms with Gasteiger partial charge in [-0.3, -0.25) is 0 Å². The van der Waals surface area contributed by atoms with Crippen molar-refractivity contribution in [1.82, 2.24) is 0 Å². The highest BCUT2D eigenvalue weighted by Crippen LogP contribution is 2.02. The van der Waals surface area contributed by atoms with Crippen LogP contribution in [0.5, 0.6) is 0 Å². The second-order valence-corrected chi connectivity index (χ2v) is 2.57. The zero-order chi connectivity index (χ0) is 11.2. The lowest BCUT2D eigenvalue weighted by Crippen LogP contribution is -2.11. The number of aliphatic hydroxyl groups is 3. The molecule has 0 unspecified atom stereocenters. The molecule has 0 saturated heterocycles. The summed E-state index contributed by atoms with van der Waals surface area (Å²) < 4.78 is 4.36. The van der Waals surface area contributed by atoms with Crippen LogP contribution in [0, 0.1) is 5.92 Å². The van der Waals surface area contributed by atoms with Crippen LogP contribution in [0.4, 0.5) is 0 Å². The van der Waals surface area contributed by atoms with Gasteiger partial charge in [-0.2, -0.15) is 0 Å². The van der Waals surface area contributed by atoms with Gasteiger partial charge in [-0.05, 0) is 12.8 Å². The Morgan fingerprint density at radius 3 is 1.79 bits per heavy atom. The van der Waals surface area contributed by atoms with Crippen LogP contribution in [0.2, 0.25) is 0 Å². The van der Waals surface area contributed by atoms with E-state index in [9.17, 15) is 0 Å². The molecule has 0 rings (SSSR count). The first-order valence-electron chi connectivity index (χ1n) is 4.46. The molecule has 0 aromatic heterocycles. The fraction of sp³-hybridized carbons (Fsp3) is 0.600. The average Bonchev–Trinajstić information content (AvgIpc) is 2.22. The van der Waals surface area contributed by atoms with E-state index in [0.717, 1.165) is 0 Å². The van der Waals surface area contributed by atoms with Crippen molar-refractivity contribution >= 4 is 0 Å². The van der Waals surface area contributed by atoms with Crippen LogP contribution in [-0.4, -0.2) is 35.1 Å². The Kier molecular flexibility index (Phi) is 16.4. The number of ether oxygens (including phenoxy) is 1. The van der Waals surface area contributed by atoms with Crippen LogP contribution in [0.25, 0.3) is 0 Å². The molecule has 0 amide bonds. The first kappa shape index (κ1) is 15.6. The van der Waals surface area contributed by atoms with Crippen molar-refractivity contribution in [3.8, 4) is 0 Å².